The normalized spacial score (nSPS) is 10.7. The molecule has 1 aromatic carbocycles. The molecule has 0 saturated heterocycles. The Morgan fingerprint density at radius 2 is 2.16 bits per heavy atom. The Morgan fingerprint density at radius 3 is 2.68 bits per heavy atom. The van der Waals surface area contributed by atoms with Crippen LogP contribution in [0.1, 0.15) is 24.6 Å². The number of carbonyl (C=O) groups excluding carboxylic acids is 1. The van der Waals surface area contributed by atoms with Gasteiger partial charge in [-0.1, -0.05) is 19.9 Å². The zero-order valence-electron chi connectivity index (χ0n) is 10.8. The summed E-state index contributed by atoms with van der Waals surface area (Å²) in [7, 11) is 0. The van der Waals surface area contributed by atoms with Gasteiger partial charge in [0.1, 0.15) is 0 Å². The molecule has 0 fully saturated rings. The van der Waals surface area contributed by atoms with Crippen molar-refractivity contribution < 1.29 is 4.79 Å². The molecule has 100 valence electrons. The smallest absolute Gasteiger partial charge is 0.325 e. The van der Waals surface area contributed by atoms with E-state index >= 15 is 0 Å². The molecule has 1 aromatic heterocycles. The summed E-state index contributed by atoms with van der Waals surface area (Å²) in [6.07, 6.45) is 1.77. The van der Waals surface area contributed by atoms with Crippen LogP contribution in [0.3, 0.4) is 0 Å². The van der Waals surface area contributed by atoms with Crippen molar-refractivity contribution in [2.45, 2.75) is 19.8 Å². The number of nitrogens with zero attached hydrogens (tertiary/aromatic N) is 2. The minimum Gasteiger partial charge on any atom is -0.399 e. The second-order valence-electron chi connectivity index (χ2n) is 4.47. The lowest BCUT2D eigenvalue weighted by Crippen LogP contribution is -2.31. The van der Waals surface area contributed by atoms with Gasteiger partial charge in [0, 0.05) is 16.8 Å². The molecule has 0 unspecified atom stereocenters. The van der Waals surface area contributed by atoms with E-state index in [0.29, 0.717) is 22.4 Å². The van der Waals surface area contributed by atoms with E-state index in [2.05, 4.69) is 18.8 Å². The van der Waals surface area contributed by atoms with E-state index in [4.69, 9.17) is 11.5 Å². The average Bonchev–Trinajstić information content (AvgIpc) is 2.78. The van der Waals surface area contributed by atoms with Crippen LogP contribution in [-0.4, -0.2) is 11.0 Å². The van der Waals surface area contributed by atoms with E-state index in [0.717, 1.165) is 4.88 Å². The first-order chi connectivity index (χ1) is 8.99. The molecule has 0 bridgehead atoms. The minimum absolute atomic E-state index is 0.363. The van der Waals surface area contributed by atoms with Crippen molar-refractivity contribution in [1.82, 2.24) is 4.98 Å². The number of hydrogen-bond acceptors (Lipinski definition) is 4. The molecular formula is C13H16N4OS. The van der Waals surface area contributed by atoms with Gasteiger partial charge in [-0.05, 0) is 24.1 Å². The number of thiazole rings is 1. The molecule has 2 rings (SSSR count). The summed E-state index contributed by atoms with van der Waals surface area (Å²) in [6, 6.07) is 6.43. The molecule has 4 N–H and O–H groups in total. The van der Waals surface area contributed by atoms with Gasteiger partial charge in [0.05, 0.1) is 5.69 Å². The predicted octanol–water partition coefficient (Wildman–Crippen LogP) is 3.07. The number of urea groups is 1. The van der Waals surface area contributed by atoms with Crippen molar-refractivity contribution >= 4 is 33.9 Å². The quantitative estimate of drug-likeness (QED) is 0.845. The van der Waals surface area contributed by atoms with Gasteiger partial charge in [-0.2, -0.15) is 0 Å². The summed E-state index contributed by atoms with van der Waals surface area (Å²) in [5.41, 5.74) is 12.4. The third-order valence-electron chi connectivity index (χ3n) is 2.62. The van der Waals surface area contributed by atoms with E-state index < -0.39 is 6.03 Å². The number of hydrogen-bond donors (Lipinski definition) is 2. The maximum atomic E-state index is 11.7. The largest absolute Gasteiger partial charge is 0.399 e. The fraction of sp³-hybridized carbons (Fsp3) is 0.231. The standard InChI is InChI=1S/C13H16N4OS/c1-8(2)11-7-16-13(19-11)17(12(15)18)10-5-3-4-9(14)6-10/h3-8H,14H2,1-2H3,(H2,15,18). The molecule has 5 nitrogen and oxygen atoms in total. The van der Waals surface area contributed by atoms with Gasteiger partial charge in [0.15, 0.2) is 5.13 Å². The van der Waals surface area contributed by atoms with Crippen LogP contribution < -0.4 is 16.4 Å². The predicted molar refractivity (Wildman–Crippen MR) is 78.8 cm³/mol. The van der Waals surface area contributed by atoms with E-state index in [1.807, 2.05) is 0 Å². The van der Waals surface area contributed by atoms with Crippen LogP contribution in [0.4, 0.5) is 21.3 Å². The van der Waals surface area contributed by atoms with Gasteiger partial charge >= 0.3 is 6.03 Å². The van der Waals surface area contributed by atoms with Crippen molar-refractivity contribution in [2.24, 2.45) is 5.73 Å². The molecule has 0 atom stereocenters. The molecule has 2 amide bonds. The molecule has 0 spiro atoms. The zero-order chi connectivity index (χ0) is 14.0. The minimum atomic E-state index is -0.574. The van der Waals surface area contributed by atoms with Crippen LogP contribution in [0.15, 0.2) is 30.5 Å². The molecule has 1 heterocycles. The lowest BCUT2D eigenvalue weighted by atomic mass is 10.2. The van der Waals surface area contributed by atoms with Gasteiger partial charge in [-0.3, -0.25) is 0 Å². The average molecular weight is 276 g/mol. The van der Waals surface area contributed by atoms with Gasteiger partial charge in [0.2, 0.25) is 0 Å². The second-order valence-corrected chi connectivity index (χ2v) is 5.51. The molecule has 0 aliphatic heterocycles. The summed E-state index contributed by atoms with van der Waals surface area (Å²) in [5.74, 6) is 0.363. The molecule has 19 heavy (non-hydrogen) atoms. The number of aromatic nitrogens is 1. The van der Waals surface area contributed by atoms with E-state index in [-0.39, 0.29) is 0 Å². The number of primary amides is 1. The number of nitrogens with two attached hydrogens (primary N) is 2. The Bertz CT molecular complexity index is 594. The lowest BCUT2D eigenvalue weighted by Gasteiger charge is -2.17. The maximum Gasteiger partial charge on any atom is 0.325 e. The topological polar surface area (TPSA) is 85.2 Å². The van der Waals surface area contributed by atoms with Crippen molar-refractivity contribution in [3.63, 3.8) is 0 Å². The van der Waals surface area contributed by atoms with E-state index in [1.165, 1.54) is 16.2 Å². The highest BCUT2D eigenvalue weighted by Gasteiger charge is 2.19. The van der Waals surface area contributed by atoms with Crippen molar-refractivity contribution in [3.8, 4) is 0 Å². The molecule has 2 aromatic rings. The fourth-order valence-corrected chi connectivity index (χ4v) is 2.59. The maximum absolute atomic E-state index is 11.7. The highest BCUT2D eigenvalue weighted by Crippen LogP contribution is 2.33. The Labute approximate surface area is 115 Å². The third-order valence-corrected chi connectivity index (χ3v) is 3.90. The Balaban J connectivity index is 2.42. The van der Waals surface area contributed by atoms with Crippen LogP contribution in [0, 0.1) is 0 Å². The summed E-state index contributed by atoms with van der Waals surface area (Å²) < 4.78 is 0. The first kappa shape index (κ1) is 13.4. The van der Waals surface area contributed by atoms with Gasteiger partial charge in [-0.15, -0.1) is 11.3 Å². The Morgan fingerprint density at radius 1 is 1.42 bits per heavy atom. The summed E-state index contributed by atoms with van der Waals surface area (Å²) in [4.78, 5) is 18.4. The summed E-state index contributed by atoms with van der Waals surface area (Å²) in [6.45, 7) is 4.15. The molecule has 0 radical (unpaired) electrons. The fourth-order valence-electron chi connectivity index (χ4n) is 1.64. The third kappa shape index (κ3) is 2.85. The van der Waals surface area contributed by atoms with Crippen LogP contribution >= 0.6 is 11.3 Å². The molecule has 6 heteroatoms. The monoisotopic (exact) mass is 276 g/mol. The van der Waals surface area contributed by atoms with Crippen molar-refractivity contribution in [1.29, 1.82) is 0 Å². The molecule has 0 aliphatic carbocycles. The molecule has 0 aliphatic rings. The van der Waals surface area contributed by atoms with E-state index in [9.17, 15) is 4.79 Å². The zero-order valence-corrected chi connectivity index (χ0v) is 11.6. The Kier molecular flexibility index (Phi) is 3.71. The molecule has 0 saturated carbocycles. The van der Waals surface area contributed by atoms with Crippen LogP contribution in [0.25, 0.3) is 0 Å². The van der Waals surface area contributed by atoms with Crippen molar-refractivity contribution in [3.05, 3.63) is 35.3 Å². The number of rotatable bonds is 3. The highest BCUT2D eigenvalue weighted by atomic mass is 32.1. The van der Waals surface area contributed by atoms with Crippen molar-refractivity contribution in [2.75, 3.05) is 10.6 Å². The van der Waals surface area contributed by atoms with Gasteiger partial charge < -0.3 is 11.5 Å². The van der Waals surface area contributed by atoms with E-state index in [1.54, 1.807) is 30.5 Å². The summed E-state index contributed by atoms with van der Waals surface area (Å²) in [5, 5.41) is 0.557. The van der Waals surface area contributed by atoms with Gasteiger partial charge in [0.25, 0.3) is 0 Å². The number of benzene rings is 1. The SMILES string of the molecule is CC(C)c1cnc(N(C(N)=O)c2cccc(N)c2)s1. The number of anilines is 3. The van der Waals surface area contributed by atoms with Crippen LogP contribution in [-0.2, 0) is 0 Å². The first-order valence-electron chi connectivity index (χ1n) is 5.90. The number of amides is 2. The first-order valence-corrected chi connectivity index (χ1v) is 6.71. The lowest BCUT2D eigenvalue weighted by molar-refractivity contribution is 0.256. The number of nitrogen functional groups attached to an aromatic ring is 1. The Hall–Kier alpha value is -2.08. The summed E-state index contributed by atoms with van der Waals surface area (Å²) >= 11 is 1.45. The van der Waals surface area contributed by atoms with Crippen LogP contribution in [0.5, 0.6) is 0 Å². The van der Waals surface area contributed by atoms with Gasteiger partial charge in [-0.25, -0.2) is 14.7 Å². The van der Waals surface area contributed by atoms with Crippen LogP contribution in [0.2, 0.25) is 0 Å². The number of carbonyl (C=O) groups is 1. The second kappa shape index (κ2) is 5.27. The molecular weight excluding hydrogens is 260 g/mol. The highest BCUT2D eigenvalue weighted by molar-refractivity contribution is 7.15.